The standard InChI is InChI=1S/C17H18ClNO/c1-2-3-5-13-8-10-14(11-9-13)17(20)19-16-7-4-6-15(18)12-16/h4,6-12H,2-3,5H2,1H3,(H,19,20). The maximum atomic E-state index is 12.1. The molecule has 0 atom stereocenters. The highest BCUT2D eigenvalue weighted by Crippen LogP contribution is 2.16. The molecule has 0 aliphatic carbocycles. The molecule has 2 aromatic rings. The summed E-state index contributed by atoms with van der Waals surface area (Å²) in [4.78, 5) is 12.1. The molecule has 0 bridgehead atoms. The zero-order chi connectivity index (χ0) is 14.4. The number of rotatable bonds is 5. The number of nitrogens with one attached hydrogen (secondary N) is 1. The molecule has 0 aliphatic heterocycles. The molecule has 2 aromatic carbocycles. The topological polar surface area (TPSA) is 29.1 Å². The normalized spacial score (nSPS) is 10.3. The largest absolute Gasteiger partial charge is 0.322 e. The van der Waals surface area contributed by atoms with E-state index in [2.05, 4.69) is 12.2 Å². The van der Waals surface area contributed by atoms with Gasteiger partial charge in [-0.1, -0.05) is 43.1 Å². The third-order valence-electron chi connectivity index (χ3n) is 3.12. The van der Waals surface area contributed by atoms with E-state index in [-0.39, 0.29) is 5.91 Å². The van der Waals surface area contributed by atoms with Gasteiger partial charge in [0, 0.05) is 16.3 Å². The van der Waals surface area contributed by atoms with E-state index in [0.29, 0.717) is 16.3 Å². The summed E-state index contributed by atoms with van der Waals surface area (Å²) in [6.07, 6.45) is 3.41. The summed E-state index contributed by atoms with van der Waals surface area (Å²) >= 11 is 5.89. The number of unbranched alkanes of at least 4 members (excludes halogenated alkanes) is 1. The fourth-order valence-corrected chi connectivity index (χ4v) is 2.16. The maximum absolute atomic E-state index is 12.1. The van der Waals surface area contributed by atoms with Gasteiger partial charge in [-0.2, -0.15) is 0 Å². The molecule has 0 aliphatic rings. The van der Waals surface area contributed by atoms with Gasteiger partial charge in [-0.3, -0.25) is 4.79 Å². The van der Waals surface area contributed by atoms with Crippen LogP contribution in [-0.2, 0) is 6.42 Å². The van der Waals surface area contributed by atoms with Crippen molar-refractivity contribution in [2.75, 3.05) is 5.32 Å². The van der Waals surface area contributed by atoms with Gasteiger partial charge in [-0.05, 0) is 48.7 Å². The van der Waals surface area contributed by atoms with Crippen molar-refractivity contribution in [2.45, 2.75) is 26.2 Å². The first-order valence-corrected chi connectivity index (χ1v) is 7.22. The highest BCUT2D eigenvalue weighted by Gasteiger charge is 2.06. The molecule has 0 spiro atoms. The average Bonchev–Trinajstić information content (AvgIpc) is 2.45. The second-order valence-corrected chi connectivity index (χ2v) is 5.20. The van der Waals surface area contributed by atoms with Crippen LogP contribution in [0.25, 0.3) is 0 Å². The summed E-state index contributed by atoms with van der Waals surface area (Å²) in [5.41, 5.74) is 2.63. The van der Waals surface area contributed by atoms with Gasteiger partial charge in [0.15, 0.2) is 0 Å². The van der Waals surface area contributed by atoms with Gasteiger partial charge in [0.05, 0.1) is 0 Å². The Balaban J connectivity index is 2.02. The summed E-state index contributed by atoms with van der Waals surface area (Å²) in [6, 6.07) is 14.9. The number of anilines is 1. The van der Waals surface area contributed by atoms with Crippen LogP contribution in [0.15, 0.2) is 48.5 Å². The van der Waals surface area contributed by atoms with E-state index in [9.17, 15) is 4.79 Å². The van der Waals surface area contributed by atoms with Crippen LogP contribution in [0.5, 0.6) is 0 Å². The molecular weight excluding hydrogens is 270 g/mol. The molecule has 3 heteroatoms. The van der Waals surface area contributed by atoms with Crippen LogP contribution in [-0.4, -0.2) is 5.91 Å². The van der Waals surface area contributed by atoms with Crippen LogP contribution in [0.3, 0.4) is 0 Å². The van der Waals surface area contributed by atoms with E-state index < -0.39 is 0 Å². The minimum atomic E-state index is -0.116. The first-order valence-electron chi connectivity index (χ1n) is 6.85. The minimum Gasteiger partial charge on any atom is -0.322 e. The van der Waals surface area contributed by atoms with Crippen molar-refractivity contribution in [3.63, 3.8) is 0 Å². The van der Waals surface area contributed by atoms with Gasteiger partial charge < -0.3 is 5.32 Å². The van der Waals surface area contributed by atoms with Crippen LogP contribution in [0.4, 0.5) is 5.69 Å². The summed E-state index contributed by atoms with van der Waals surface area (Å²) in [6.45, 7) is 2.17. The van der Waals surface area contributed by atoms with Gasteiger partial charge in [0.1, 0.15) is 0 Å². The molecule has 0 saturated heterocycles. The van der Waals surface area contributed by atoms with Crippen LogP contribution in [0.2, 0.25) is 5.02 Å². The number of carbonyl (C=O) groups is 1. The molecule has 0 fully saturated rings. The number of hydrogen-bond acceptors (Lipinski definition) is 1. The maximum Gasteiger partial charge on any atom is 0.255 e. The second kappa shape index (κ2) is 7.11. The lowest BCUT2D eigenvalue weighted by Gasteiger charge is -2.06. The Kier molecular flexibility index (Phi) is 5.19. The fourth-order valence-electron chi connectivity index (χ4n) is 1.97. The number of hydrogen-bond donors (Lipinski definition) is 1. The molecule has 0 radical (unpaired) electrons. The highest BCUT2D eigenvalue weighted by atomic mass is 35.5. The zero-order valence-corrected chi connectivity index (χ0v) is 12.3. The van der Waals surface area contributed by atoms with Crippen molar-refractivity contribution in [2.24, 2.45) is 0 Å². The highest BCUT2D eigenvalue weighted by molar-refractivity contribution is 6.30. The van der Waals surface area contributed by atoms with Gasteiger partial charge in [-0.15, -0.1) is 0 Å². The zero-order valence-electron chi connectivity index (χ0n) is 11.5. The van der Waals surface area contributed by atoms with Crippen LogP contribution < -0.4 is 5.32 Å². The Bertz CT molecular complexity index is 578. The van der Waals surface area contributed by atoms with Gasteiger partial charge >= 0.3 is 0 Å². The second-order valence-electron chi connectivity index (χ2n) is 4.76. The van der Waals surface area contributed by atoms with E-state index in [1.54, 1.807) is 12.1 Å². The molecular formula is C17H18ClNO. The smallest absolute Gasteiger partial charge is 0.255 e. The van der Waals surface area contributed by atoms with Crippen molar-refractivity contribution in [1.82, 2.24) is 0 Å². The molecule has 0 unspecified atom stereocenters. The Morgan fingerprint density at radius 1 is 1.15 bits per heavy atom. The number of halogens is 1. The minimum absolute atomic E-state index is 0.116. The Morgan fingerprint density at radius 2 is 1.90 bits per heavy atom. The van der Waals surface area contributed by atoms with Crippen LogP contribution in [0.1, 0.15) is 35.7 Å². The summed E-state index contributed by atoms with van der Waals surface area (Å²) in [5, 5.41) is 3.45. The lowest BCUT2D eigenvalue weighted by atomic mass is 10.1. The predicted molar refractivity (Wildman–Crippen MR) is 84.5 cm³/mol. The van der Waals surface area contributed by atoms with Crippen molar-refractivity contribution in [3.05, 3.63) is 64.7 Å². The lowest BCUT2D eigenvalue weighted by molar-refractivity contribution is 0.102. The third-order valence-corrected chi connectivity index (χ3v) is 3.35. The van der Waals surface area contributed by atoms with E-state index in [0.717, 1.165) is 6.42 Å². The van der Waals surface area contributed by atoms with E-state index in [1.165, 1.54) is 18.4 Å². The quantitative estimate of drug-likeness (QED) is 0.829. The monoisotopic (exact) mass is 287 g/mol. The Labute approximate surface area is 124 Å². The van der Waals surface area contributed by atoms with Crippen molar-refractivity contribution in [1.29, 1.82) is 0 Å². The molecule has 104 valence electrons. The third kappa shape index (κ3) is 4.10. The fraction of sp³-hybridized carbons (Fsp3) is 0.235. The van der Waals surface area contributed by atoms with E-state index in [1.807, 2.05) is 36.4 Å². The SMILES string of the molecule is CCCCc1ccc(C(=O)Nc2cccc(Cl)c2)cc1. The van der Waals surface area contributed by atoms with Gasteiger partial charge in [0.25, 0.3) is 5.91 Å². The van der Waals surface area contributed by atoms with Gasteiger partial charge in [-0.25, -0.2) is 0 Å². The summed E-state index contributed by atoms with van der Waals surface area (Å²) < 4.78 is 0. The number of aryl methyl sites for hydroxylation is 1. The molecule has 0 heterocycles. The van der Waals surface area contributed by atoms with Crippen molar-refractivity contribution in [3.8, 4) is 0 Å². The van der Waals surface area contributed by atoms with Crippen LogP contribution >= 0.6 is 11.6 Å². The number of amides is 1. The van der Waals surface area contributed by atoms with Gasteiger partial charge in [0.2, 0.25) is 0 Å². The molecule has 0 aromatic heterocycles. The van der Waals surface area contributed by atoms with Crippen LogP contribution in [0, 0.1) is 0 Å². The molecule has 0 saturated carbocycles. The molecule has 1 amide bonds. The molecule has 20 heavy (non-hydrogen) atoms. The predicted octanol–water partition coefficient (Wildman–Crippen LogP) is 4.93. The number of carbonyl (C=O) groups excluding carboxylic acids is 1. The van der Waals surface area contributed by atoms with Crippen molar-refractivity contribution < 1.29 is 4.79 Å². The summed E-state index contributed by atoms with van der Waals surface area (Å²) in [5.74, 6) is -0.116. The first-order chi connectivity index (χ1) is 9.69. The lowest BCUT2D eigenvalue weighted by Crippen LogP contribution is -2.11. The number of benzene rings is 2. The molecule has 1 N–H and O–H groups in total. The molecule has 2 rings (SSSR count). The van der Waals surface area contributed by atoms with E-state index in [4.69, 9.17) is 11.6 Å². The average molecular weight is 288 g/mol. The Hall–Kier alpha value is -1.80. The van der Waals surface area contributed by atoms with Crippen molar-refractivity contribution >= 4 is 23.2 Å². The Morgan fingerprint density at radius 3 is 2.55 bits per heavy atom. The van der Waals surface area contributed by atoms with E-state index >= 15 is 0 Å². The summed E-state index contributed by atoms with van der Waals surface area (Å²) in [7, 11) is 0. The first kappa shape index (κ1) is 14.6. The molecule has 2 nitrogen and oxygen atoms in total.